The van der Waals surface area contributed by atoms with Gasteiger partial charge < -0.3 is 10.1 Å². The molecule has 27 heavy (non-hydrogen) atoms. The third-order valence-electron chi connectivity index (χ3n) is 4.49. The summed E-state index contributed by atoms with van der Waals surface area (Å²) in [7, 11) is 0. The summed E-state index contributed by atoms with van der Waals surface area (Å²) in [6.45, 7) is 4.32. The van der Waals surface area contributed by atoms with Gasteiger partial charge in [-0.1, -0.05) is 34.5 Å². The van der Waals surface area contributed by atoms with Crippen molar-refractivity contribution in [3.63, 3.8) is 0 Å². The average molecular weight is 451 g/mol. The van der Waals surface area contributed by atoms with E-state index in [1.165, 1.54) is 17.8 Å². The van der Waals surface area contributed by atoms with Crippen LogP contribution in [0.25, 0.3) is 11.1 Å². The van der Waals surface area contributed by atoms with Gasteiger partial charge >= 0.3 is 5.97 Å². The molecule has 1 saturated heterocycles. The zero-order valence-corrected chi connectivity index (χ0v) is 17.7. The fourth-order valence-corrected chi connectivity index (χ4v) is 4.42. The van der Waals surface area contributed by atoms with Crippen LogP contribution >= 0.6 is 27.3 Å². The molecule has 0 radical (unpaired) electrons. The van der Waals surface area contributed by atoms with Crippen molar-refractivity contribution in [2.75, 3.05) is 31.6 Å². The number of amides is 1. The summed E-state index contributed by atoms with van der Waals surface area (Å²) in [6, 6.07) is 7.73. The van der Waals surface area contributed by atoms with E-state index < -0.39 is 5.97 Å². The summed E-state index contributed by atoms with van der Waals surface area (Å²) in [5.41, 5.74) is 2.12. The first-order chi connectivity index (χ1) is 13.1. The third-order valence-corrected chi connectivity index (χ3v) is 5.92. The topological polar surface area (TPSA) is 58.6 Å². The molecule has 1 amide bonds. The van der Waals surface area contributed by atoms with Crippen molar-refractivity contribution in [1.29, 1.82) is 0 Å². The molecular weight excluding hydrogens is 428 g/mol. The number of thiophene rings is 1. The number of hydrogen-bond donors (Lipinski definition) is 1. The molecule has 144 valence electrons. The third kappa shape index (κ3) is 5.18. The zero-order valence-electron chi connectivity index (χ0n) is 15.3. The van der Waals surface area contributed by atoms with Gasteiger partial charge in [0.1, 0.15) is 10.6 Å². The van der Waals surface area contributed by atoms with Crippen LogP contribution in [0.3, 0.4) is 0 Å². The van der Waals surface area contributed by atoms with Gasteiger partial charge in [0.2, 0.25) is 5.91 Å². The lowest BCUT2D eigenvalue weighted by atomic mass is 10.0. The van der Waals surface area contributed by atoms with Crippen molar-refractivity contribution in [3.05, 3.63) is 39.7 Å². The number of rotatable bonds is 6. The first kappa shape index (κ1) is 20.0. The molecule has 0 saturated carbocycles. The second kappa shape index (κ2) is 9.48. The molecule has 1 aliphatic rings. The van der Waals surface area contributed by atoms with Gasteiger partial charge in [0.15, 0.2) is 0 Å². The van der Waals surface area contributed by atoms with E-state index >= 15 is 0 Å². The van der Waals surface area contributed by atoms with Crippen molar-refractivity contribution in [2.45, 2.75) is 26.2 Å². The monoisotopic (exact) mass is 450 g/mol. The first-order valence-electron chi connectivity index (χ1n) is 9.15. The maximum atomic E-state index is 12.6. The highest BCUT2D eigenvalue weighted by Crippen LogP contribution is 2.36. The van der Waals surface area contributed by atoms with Gasteiger partial charge in [-0.25, -0.2) is 4.79 Å². The Hall–Kier alpha value is -1.70. The number of ether oxygens (including phenoxy) is 1. The number of halogens is 1. The van der Waals surface area contributed by atoms with E-state index in [0.29, 0.717) is 17.1 Å². The Bertz CT molecular complexity index is 798. The molecule has 7 heteroatoms. The van der Waals surface area contributed by atoms with Crippen molar-refractivity contribution < 1.29 is 14.3 Å². The second-order valence-corrected chi connectivity index (χ2v) is 8.26. The molecule has 0 atom stereocenters. The molecular formula is C20H23BrN2O3S. The predicted octanol–water partition coefficient (Wildman–Crippen LogP) is 4.78. The lowest BCUT2D eigenvalue weighted by molar-refractivity contribution is -0.117. The lowest BCUT2D eigenvalue weighted by Crippen LogP contribution is -2.36. The number of carbonyl (C=O) groups is 2. The first-order valence-corrected chi connectivity index (χ1v) is 10.8. The molecule has 1 N–H and O–H groups in total. The van der Waals surface area contributed by atoms with Gasteiger partial charge in [-0.15, -0.1) is 11.3 Å². The fourth-order valence-electron chi connectivity index (χ4n) is 3.18. The number of hydrogen-bond acceptors (Lipinski definition) is 5. The summed E-state index contributed by atoms with van der Waals surface area (Å²) < 4.78 is 6.21. The maximum absolute atomic E-state index is 12.6. The van der Waals surface area contributed by atoms with Crippen LogP contribution in [0.1, 0.15) is 36.5 Å². The molecule has 1 aromatic heterocycles. The van der Waals surface area contributed by atoms with Gasteiger partial charge in [0.05, 0.1) is 13.2 Å². The molecule has 2 heterocycles. The summed E-state index contributed by atoms with van der Waals surface area (Å²) in [6.07, 6.45) is 3.49. The molecule has 0 unspecified atom stereocenters. The van der Waals surface area contributed by atoms with Gasteiger partial charge in [-0.3, -0.25) is 9.69 Å². The van der Waals surface area contributed by atoms with Gasteiger partial charge in [-0.05, 0) is 50.6 Å². The fraction of sp³-hybridized carbons (Fsp3) is 0.400. The summed E-state index contributed by atoms with van der Waals surface area (Å²) in [5, 5.41) is 5.37. The smallest absolute Gasteiger partial charge is 0.341 e. The number of piperidine rings is 1. The van der Waals surface area contributed by atoms with Crippen LogP contribution < -0.4 is 5.32 Å². The highest BCUT2D eigenvalue weighted by atomic mass is 79.9. The SMILES string of the molecule is CCOC(=O)c1c(-c2ccc(Br)cc2)csc1NC(=O)CN1CCCCC1. The van der Waals surface area contributed by atoms with Gasteiger partial charge in [0, 0.05) is 15.4 Å². The highest BCUT2D eigenvalue weighted by molar-refractivity contribution is 9.10. The molecule has 5 nitrogen and oxygen atoms in total. The molecule has 1 aliphatic heterocycles. The van der Waals surface area contributed by atoms with E-state index in [1.807, 2.05) is 29.6 Å². The minimum atomic E-state index is -0.412. The standard InChI is InChI=1S/C20H23BrN2O3S/c1-2-26-20(25)18-16(14-6-8-15(21)9-7-14)13-27-19(18)22-17(24)12-23-10-4-3-5-11-23/h6-9,13H,2-5,10-12H2,1H3,(H,22,24). The Balaban J connectivity index is 1.82. The summed E-state index contributed by atoms with van der Waals surface area (Å²) >= 11 is 4.78. The quantitative estimate of drug-likeness (QED) is 0.643. The minimum Gasteiger partial charge on any atom is -0.462 e. The van der Waals surface area contributed by atoms with E-state index in [-0.39, 0.29) is 12.5 Å². The number of nitrogens with zero attached hydrogens (tertiary/aromatic N) is 1. The minimum absolute atomic E-state index is 0.0911. The lowest BCUT2D eigenvalue weighted by Gasteiger charge is -2.25. The Morgan fingerprint density at radius 2 is 1.89 bits per heavy atom. The van der Waals surface area contributed by atoms with E-state index in [4.69, 9.17) is 4.74 Å². The number of nitrogens with one attached hydrogen (secondary N) is 1. The molecule has 3 rings (SSSR count). The predicted molar refractivity (Wildman–Crippen MR) is 112 cm³/mol. The number of esters is 1. The van der Waals surface area contributed by atoms with E-state index in [9.17, 15) is 9.59 Å². The molecule has 1 fully saturated rings. The Morgan fingerprint density at radius 3 is 2.56 bits per heavy atom. The van der Waals surface area contributed by atoms with Crippen LogP contribution in [-0.2, 0) is 9.53 Å². The highest BCUT2D eigenvalue weighted by Gasteiger charge is 2.23. The number of carbonyl (C=O) groups excluding carboxylic acids is 2. The van der Waals surface area contributed by atoms with Crippen molar-refractivity contribution in [3.8, 4) is 11.1 Å². The number of likely N-dealkylation sites (tertiary alicyclic amines) is 1. The van der Waals surface area contributed by atoms with Crippen molar-refractivity contribution >= 4 is 44.1 Å². The largest absolute Gasteiger partial charge is 0.462 e. The van der Waals surface area contributed by atoms with Crippen molar-refractivity contribution in [2.24, 2.45) is 0 Å². The summed E-state index contributed by atoms with van der Waals surface area (Å²) in [4.78, 5) is 27.2. The van der Waals surface area contributed by atoms with Crippen LogP contribution in [0.4, 0.5) is 5.00 Å². The molecule has 2 aromatic rings. The zero-order chi connectivity index (χ0) is 19.2. The molecule has 0 spiro atoms. The molecule has 1 aromatic carbocycles. The molecule has 0 aliphatic carbocycles. The summed E-state index contributed by atoms with van der Waals surface area (Å²) in [5.74, 6) is -0.503. The molecule has 0 bridgehead atoms. The van der Waals surface area contributed by atoms with Crippen molar-refractivity contribution in [1.82, 2.24) is 4.90 Å². The Kier molecular flexibility index (Phi) is 7.04. The number of benzene rings is 1. The van der Waals surface area contributed by atoms with E-state index in [0.717, 1.165) is 41.5 Å². The Morgan fingerprint density at radius 1 is 1.19 bits per heavy atom. The van der Waals surface area contributed by atoms with Crippen LogP contribution in [0.5, 0.6) is 0 Å². The van der Waals surface area contributed by atoms with Crippen LogP contribution in [0.2, 0.25) is 0 Å². The Labute approximate surface area is 171 Å². The van der Waals surface area contributed by atoms with Gasteiger partial charge in [-0.2, -0.15) is 0 Å². The maximum Gasteiger partial charge on any atom is 0.341 e. The average Bonchev–Trinajstić information content (AvgIpc) is 3.06. The number of anilines is 1. The van der Waals surface area contributed by atoms with Gasteiger partial charge in [0.25, 0.3) is 0 Å². The van der Waals surface area contributed by atoms with Crippen LogP contribution in [0.15, 0.2) is 34.1 Å². The van der Waals surface area contributed by atoms with E-state index in [2.05, 4.69) is 26.1 Å². The normalized spacial score (nSPS) is 14.7. The van der Waals surface area contributed by atoms with Crippen LogP contribution in [0, 0.1) is 0 Å². The van der Waals surface area contributed by atoms with E-state index in [1.54, 1.807) is 6.92 Å². The van der Waals surface area contributed by atoms with Crippen LogP contribution in [-0.4, -0.2) is 43.0 Å². The second-order valence-electron chi connectivity index (χ2n) is 6.47.